The predicted octanol–water partition coefficient (Wildman–Crippen LogP) is 2.18. The molecule has 0 unspecified atom stereocenters. The van der Waals surface area contributed by atoms with E-state index in [9.17, 15) is 4.79 Å². The highest BCUT2D eigenvalue weighted by Crippen LogP contribution is 2.23. The van der Waals surface area contributed by atoms with Gasteiger partial charge in [-0.1, -0.05) is 0 Å². The van der Waals surface area contributed by atoms with Crippen molar-refractivity contribution in [3.05, 3.63) is 29.3 Å². The highest BCUT2D eigenvalue weighted by atomic mass is 16.5. The Kier molecular flexibility index (Phi) is 2.15. The van der Waals surface area contributed by atoms with Crippen molar-refractivity contribution in [2.45, 2.75) is 26.5 Å². The fourth-order valence-electron chi connectivity index (χ4n) is 1.56. The van der Waals surface area contributed by atoms with Gasteiger partial charge in [-0.05, 0) is 32.0 Å². The molecule has 1 heterocycles. The number of ether oxygens (including phenoxy) is 1. The molecule has 0 aliphatic carbocycles. The van der Waals surface area contributed by atoms with Crippen molar-refractivity contribution in [1.29, 1.82) is 0 Å². The molecule has 0 bridgehead atoms. The third-order valence-electron chi connectivity index (χ3n) is 2.14. The molecular weight excluding hydrogens is 178 g/mol. The summed E-state index contributed by atoms with van der Waals surface area (Å²) < 4.78 is 4.92. The van der Waals surface area contributed by atoms with Gasteiger partial charge in [0.2, 0.25) is 0 Å². The van der Waals surface area contributed by atoms with Crippen LogP contribution >= 0.6 is 0 Å². The van der Waals surface area contributed by atoms with Gasteiger partial charge >= 0.3 is 5.97 Å². The molecule has 0 spiro atoms. The maximum atomic E-state index is 11.2. The van der Waals surface area contributed by atoms with Gasteiger partial charge in [0, 0.05) is 17.3 Å². The molecule has 74 valence electrons. The van der Waals surface area contributed by atoms with Gasteiger partial charge in [-0.2, -0.15) is 0 Å². The third kappa shape index (κ3) is 1.58. The first kappa shape index (κ1) is 9.06. The second kappa shape index (κ2) is 3.33. The second-order valence-electron chi connectivity index (χ2n) is 3.75. The SMILES string of the molecule is CC(C)Nc1ccc2c(c1)COC2=O. The minimum atomic E-state index is -0.212. The maximum Gasteiger partial charge on any atom is 0.338 e. The van der Waals surface area contributed by atoms with E-state index in [1.165, 1.54) is 0 Å². The number of benzene rings is 1. The van der Waals surface area contributed by atoms with E-state index >= 15 is 0 Å². The van der Waals surface area contributed by atoms with Crippen LogP contribution in [0.3, 0.4) is 0 Å². The van der Waals surface area contributed by atoms with Crippen molar-refractivity contribution in [2.75, 3.05) is 5.32 Å². The number of nitrogens with one attached hydrogen (secondary N) is 1. The molecule has 0 radical (unpaired) electrons. The summed E-state index contributed by atoms with van der Waals surface area (Å²) in [4.78, 5) is 11.2. The molecule has 1 aromatic rings. The van der Waals surface area contributed by atoms with Crippen LogP contribution in [0.15, 0.2) is 18.2 Å². The molecular formula is C11H13NO2. The van der Waals surface area contributed by atoms with Crippen molar-refractivity contribution < 1.29 is 9.53 Å². The molecule has 3 heteroatoms. The lowest BCUT2D eigenvalue weighted by molar-refractivity contribution is 0.0535. The fraction of sp³-hybridized carbons (Fsp3) is 0.364. The van der Waals surface area contributed by atoms with Gasteiger partial charge in [-0.15, -0.1) is 0 Å². The molecule has 3 nitrogen and oxygen atoms in total. The van der Waals surface area contributed by atoms with Crippen LogP contribution in [-0.2, 0) is 11.3 Å². The molecule has 0 atom stereocenters. The van der Waals surface area contributed by atoms with Crippen LogP contribution in [0.4, 0.5) is 5.69 Å². The number of hydrogen-bond donors (Lipinski definition) is 1. The zero-order valence-corrected chi connectivity index (χ0v) is 8.33. The van der Waals surface area contributed by atoms with Gasteiger partial charge in [-0.3, -0.25) is 0 Å². The summed E-state index contributed by atoms with van der Waals surface area (Å²) in [6.07, 6.45) is 0. The quantitative estimate of drug-likeness (QED) is 0.728. The van der Waals surface area contributed by atoms with Crippen LogP contribution in [0.25, 0.3) is 0 Å². The van der Waals surface area contributed by atoms with Crippen molar-refractivity contribution >= 4 is 11.7 Å². The Balaban J connectivity index is 2.28. The van der Waals surface area contributed by atoms with Crippen LogP contribution in [0.1, 0.15) is 29.8 Å². The van der Waals surface area contributed by atoms with Crippen LogP contribution < -0.4 is 5.32 Å². The van der Waals surface area contributed by atoms with Gasteiger partial charge in [-0.25, -0.2) is 4.79 Å². The summed E-state index contributed by atoms with van der Waals surface area (Å²) in [6, 6.07) is 6.09. The average Bonchev–Trinajstić information content (AvgIpc) is 2.46. The van der Waals surface area contributed by atoms with Crippen molar-refractivity contribution in [2.24, 2.45) is 0 Å². The van der Waals surface area contributed by atoms with E-state index in [0.29, 0.717) is 18.2 Å². The molecule has 14 heavy (non-hydrogen) atoms. The fourth-order valence-corrected chi connectivity index (χ4v) is 1.56. The Morgan fingerprint density at radius 1 is 1.43 bits per heavy atom. The molecule has 0 saturated carbocycles. The number of carbonyl (C=O) groups is 1. The van der Waals surface area contributed by atoms with Crippen LogP contribution in [0.2, 0.25) is 0 Å². The Morgan fingerprint density at radius 3 is 2.93 bits per heavy atom. The van der Waals surface area contributed by atoms with Gasteiger partial charge in [0.1, 0.15) is 6.61 Å². The highest BCUT2D eigenvalue weighted by molar-refractivity contribution is 5.93. The number of cyclic esters (lactones) is 1. The van der Waals surface area contributed by atoms with Gasteiger partial charge in [0.25, 0.3) is 0 Å². The van der Waals surface area contributed by atoms with Crippen molar-refractivity contribution in [1.82, 2.24) is 0 Å². The van der Waals surface area contributed by atoms with Crippen molar-refractivity contribution in [3.63, 3.8) is 0 Å². The van der Waals surface area contributed by atoms with E-state index < -0.39 is 0 Å². The largest absolute Gasteiger partial charge is 0.457 e. The summed E-state index contributed by atoms with van der Waals surface area (Å²) in [7, 11) is 0. The standard InChI is InChI=1S/C11H13NO2/c1-7(2)12-9-3-4-10-8(5-9)6-14-11(10)13/h3-5,7,12H,6H2,1-2H3. The van der Waals surface area contributed by atoms with E-state index in [1.807, 2.05) is 18.2 Å². The first-order chi connectivity index (χ1) is 6.66. The average molecular weight is 191 g/mol. The minimum Gasteiger partial charge on any atom is -0.457 e. The number of anilines is 1. The molecule has 1 aromatic carbocycles. The van der Waals surface area contributed by atoms with E-state index in [2.05, 4.69) is 19.2 Å². The Labute approximate surface area is 83.1 Å². The summed E-state index contributed by atoms with van der Waals surface area (Å²) in [5.41, 5.74) is 2.71. The monoisotopic (exact) mass is 191 g/mol. The molecule has 1 N–H and O–H groups in total. The maximum absolute atomic E-state index is 11.2. The summed E-state index contributed by atoms with van der Waals surface area (Å²) in [5, 5.41) is 3.28. The van der Waals surface area contributed by atoms with Gasteiger partial charge in [0.15, 0.2) is 0 Å². The van der Waals surface area contributed by atoms with E-state index in [-0.39, 0.29) is 5.97 Å². The zero-order valence-electron chi connectivity index (χ0n) is 8.33. The van der Waals surface area contributed by atoms with Crippen LogP contribution in [0.5, 0.6) is 0 Å². The first-order valence-electron chi connectivity index (χ1n) is 4.73. The smallest absolute Gasteiger partial charge is 0.338 e. The number of hydrogen-bond acceptors (Lipinski definition) is 3. The molecule has 2 rings (SSSR count). The number of fused-ring (bicyclic) bond motifs is 1. The first-order valence-corrected chi connectivity index (χ1v) is 4.73. The summed E-state index contributed by atoms with van der Waals surface area (Å²) in [6.45, 7) is 4.56. The summed E-state index contributed by atoms with van der Waals surface area (Å²) >= 11 is 0. The predicted molar refractivity (Wildman–Crippen MR) is 54.3 cm³/mol. The Bertz CT molecular complexity index is 372. The summed E-state index contributed by atoms with van der Waals surface area (Å²) in [5.74, 6) is -0.212. The van der Waals surface area contributed by atoms with Crippen LogP contribution in [0, 0.1) is 0 Å². The molecule has 0 aromatic heterocycles. The Morgan fingerprint density at radius 2 is 2.21 bits per heavy atom. The lowest BCUT2D eigenvalue weighted by Crippen LogP contribution is -2.09. The highest BCUT2D eigenvalue weighted by Gasteiger charge is 2.20. The molecule has 0 saturated heterocycles. The number of rotatable bonds is 2. The zero-order chi connectivity index (χ0) is 10.1. The van der Waals surface area contributed by atoms with Gasteiger partial charge in [0.05, 0.1) is 5.56 Å². The van der Waals surface area contributed by atoms with Crippen molar-refractivity contribution in [3.8, 4) is 0 Å². The molecule has 0 amide bonds. The lowest BCUT2D eigenvalue weighted by Gasteiger charge is -2.10. The third-order valence-corrected chi connectivity index (χ3v) is 2.14. The topological polar surface area (TPSA) is 38.3 Å². The lowest BCUT2D eigenvalue weighted by atomic mass is 10.1. The number of carbonyl (C=O) groups excluding carboxylic acids is 1. The van der Waals surface area contributed by atoms with Gasteiger partial charge < -0.3 is 10.1 Å². The Hall–Kier alpha value is -1.51. The number of esters is 1. The molecule has 1 aliphatic heterocycles. The van der Waals surface area contributed by atoms with E-state index in [0.717, 1.165) is 11.3 Å². The molecule has 0 fully saturated rings. The normalized spacial score (nSPS) is 14.1. The minimum absolute atomic E-state index is 0.212. The van der Waals surface area contributed by atoms with E-state index in [1.54, 1.807) is 0 Å². The molecule has 1 aliphatic rings. The van der Waals surface area contributed by atoms with E-state index in [4.69, 9.17) is 4.74 Å². The second-order valence-corrected chi connectivity index (χ2v) is 3.75. The van der Waals surface area contributed by atoms with Crippen LogP contribution in [-0.4, -0.2) is 12.0 Å².